The molecule has 12 heteroatoms. The van der Waals surface area contributed by atoms with Crippen LogP contribution in [0.2, 0.25) is 0 Å². The third-order valence-corrected chi connectivity index (χ3v) is 10.9. The average molecular weight is 693 g/mol. The molecule has 0 saturated carbocycles. The number of amides is 3. The molecule has 3 amide bonds. The maximum Gasteiger partial charge on any atom is 0.333 e. The summed E-state index contributed by atoms with van der Waals surface area (Å²) in [6.07, 6.45) is 5.38. The lowest BCUT2D eigenvalue weighted by molar-refractivity contribution is -0.149. The number of benzene rings is 2. The summed E-state index contributed by atoms with van der Waals surface area (Å²) < 4.78 is 22.9. The van der Waals surface area contributed by atoms with Gasteiger partial charge in [0.15, 0.2) is 0 Å². The predicted molar refractivity (Wildman–Crippen MR) is 181 cm³/mol. The van der Waals surface area contributed by atoms with Gasteiger partial charge in [0.25, 0.3) is 0 Å². The highest BCUT2D eigenvalue weighted by molar-refractivity contribution is 6.23. The second-order valence-electron chi connectivity index (χ2n) is 14.2. The molecule has 9 atom stereocenters. The molecule has 6 aliphatic rings. The van der Waals surface area contributed by atoms with Crippen LogP contribution in [0.3, 0.4) is 0 Å². The summed E-state index contributed by atoms with van der Waals surface area (Å²) in [5, 5.41) is 11.3. The van der Waals surface area contributed by atoms with Crippen LogP contribution in [0.1, 0.15) is 25.0 Å². The van der Waals surface area contributed by atoms with E-state index in [0.29, 0.717) is 17.8 Å². The van der Waals surface area contributed by atoms with E-state index in [9.17, 15) is 29.1 Å². The number of esters is 2. The highest BCUT2D eigenvalue weighted by atomic mass is 16.6. The number of imide groups is 1. The van der Waals surface area contributed by atoms with Crippen LogP contribution >= 0.6 is 0 Å². The molecule has 0 aliphatic carbocycles. The summed E-state index contributed by atoms with van der Waals surface area (Å²) in [6, 6.07) is 14.5. The molecule has 6 aliphatic heterocycles. The van der Waals surface area contributed by atoms with Crippen molar-refractivity contribution in [1.29, 1.82) is 0 Å². The quantitative estimate of drug-likeness (QED) is 0.171. The highest BCUT2D eigenvalue weighted by Crippen LogP contribution is 2.55. The number of carbonyl (C=O) groups is 5. The van der Waals surface area contributed by atoms with E-state index in [1.54, 1.807) is 49.4 Å². The lowest BCUT2D eigenvalue weighted by Crippen LogP contribution is -2.44. The van der Waals surface area contributed by atoms with Crippen molar-refractivity contribution in [3.8, 4) is 0 Å². The van der Waals surface area contributed by atoms with Gasteiger partial charge in [-0.25, -0.2) is 14.5 Å². The minimum Gasteiger partial charge on any atom is -0.459 e. The zero-order valence-corrected chi connectivity index (χ0v) is 28.0. The Labute approximate surface area is 293 Å². The third-order valence-electron chi connectivity index (χ3n) is 10.9. The molecule has 0 spiro atoms. The molecule has 1 N–H and O–H groups in total. The summed E-state index contributed by atoms with van der Waals surface area (Å²) in [5.74, 6) is -4.96. The van der Waals surface area contributed by atoms with Crippen LogP contribution in [0, 0.1) is 23.7 Å². The van der Waals surface area contributed by atoms with Crippen LogP contribution in [0.4, 0.5) is 11.4 Å². The van der Waals surface area contributed by atoms with Gasteiger partial charge in [-0.2, -0.15) is 0 Å². The molecule has 6 heterocycles. The van der Waals surface area contributed by atoms with Crippen molar-refractivity contribution in [2.75, 3.05) is 23.0 Å². The van der Waals surface area contributed by atoms with Gasteiger partial charge < -0.3 is 24.1 Å². The van der Waals surface area contributed by atoms with Crippen LogP contribution in [0.25, 0.3) is 0 Å². The van der Waals surface area contributed by atoms with Crippen molar-refractivity contribution in [3.05, 3.63) is 108 Å². The molecule has 2 aromatic carbocycles. The molecular weight excluding hydrogens is 656 g/mol. The van der Waals surface area contributed by atoms with Crippen molar-refractivity contribution in [3.63, 3.8) is 0 Å². The van der Waals surface area contributed by atoms with Gasteiger partial charge in [-0.15, -0.1) is 0 Å². The van der Waals surface area contributed by atoms with Crippen LogP contribution in [-0.2, 0) is 49.3 Å². The SMILES string of the molecule is C=C(C)C(=O)OCC12C=CC(O1)C1C(=O)N(c3ccc(Cc4ccc(N5C(=O)C6C(C7C=CC6(COC(=O)C(=C)C)O7)C5O)cc4)cc3)C(=O)C12. The van der Waals surface area contributed by atoms with Crippen molar-refractivity contribution in [2.24, 2.45) is 23.7 Å². The largest absolute Gasteiger partial charge is 0.459 e. The highest BCUT2D eigenvalue weighted by Gasteiger charge is 2.69. The van der Waals surface area contributed by atoms with E-state index in [0.717, 1.165) is 11.1 Å². The fourth-order valence-corrected chi connectivity index (χ4v) is 8.41. The number of rotatable bonds is 10. The van der Waals surface area contributed by atoms with E-state index in [1.807, 2.05) is 30.3 Å². The molecule has 4 saturated heterocycles. The Morgan fingerprint density at radius 1 is 0.745 bits per heavy atom. The molecule has 262 valence electrons. The zero-order chi connectivity index (χ0) is 36.0. The molecule has 4 fully saturated rings. The van der Waals surface area contributed by atoms with Crippen molar-refractivity contribution >= 4 is 41.0 Å². The van der Waals surface area contributed by atoms with E-state index >= 15 is 0 Å². The minimum atomic E-state index is -1.20. The first kappa shape index (κ1) is 33.0. The average Bonchev–Trinajstić information content (AvgIpc) is 3.95. The van der Waals surface area contributed by atoms with Gasteiger partial charge in [-0.1, -0.05) is 55.7 Å². The fraction of sp³-hybridized carbons (Fsp3) is 0.359. The predicted octanol–water partition coefficient (Wildman–Crippen LogP) is 2.93. The van der Waals surface area contributed by atoms with E-state index in [-0.39, 0.29) is 36.2 Å². The second kappa shape index (κ2) is 11.7. The topological polar surface area (TPSA) is 149 Å². The first-order valence-electron chi connectivity index (χ1n) is 16.8. The number of nitrogens with zero attached hydrogens (tertiary/aromatic N) is 2. The van der Waals surface area contributed by atoms with Crippen molar-refractivity contribution in [2.45, 2.75) is 49.9 Å². The van der Waals surface area contributed by atoms with E-state index in [4.69, 9.17) is 18.9 Å². The van der Waals surface area contributed by atoms with E-state index in [2.05, 4.69) is 13.2 Å². The first-order chi connectivity index (χ1) is 24.3. The van der Waals surface area contributed by atoms with E-state index < -0.39 is 71.2 Å². The Bertz CT molecular complexity index is 1970. The number of ether oxygens (including phenoxy) is 4. The van der Waals surface area contributed by atoms with Gasteiger partial charge >= 0.3 is 11.9 Å². The molecule has 2 aromatic rings. The summed E-state index contributed by atoms with van der Waals surface area (Å²) in [6.45, 7) is 9.92. The van der Waals surface area contributed by atoms with Crippen LogP contribution < -0.4 is 9.80 Å². The molecule has 9 unspecified atom stereocenters. The molecule has 12 nitrogen and oxygen atoms in total. The normalized spacial score (nSPS) is 33.6. The number of aliphatic hydroxyl groups excluding tert-OH is 1. The van der Waals surface area contributed by atoms with Gasteiger partial charge in [0.2, 0.25) is 17.7 Å². The fourth-order valence-electron chi connectivity index (χ4n) is 8.41. The summed E-state index contributed by atoms with van der Waals surface area (Å²) in [7, 11) is 0. The molecule has 8 rings (SSSR count). The van der Waals surface area contributed by atoms with Crippen LogP contribution in [0.5, 0.6) is 0 Å². The molecular formula is C39H36N2O10. The van der Waals surface area contributed by atoms with Gasteiger partial charge in [0, 0.05) is 22.8 Å². The number of anilines is 2. The monoisotopic (exact) mass is 692 g/mol. The Morgan fingerprint density at radius 2 is 1.25 bits per heavy atom. The van der Waals surface area contributed by atoms with Crippen molar-refractivity contribution in [1.82, 2.24) is 0 Å². The zero-order valence-electron chi connectivity index (χ0n) is 28.0. The second-order valence-corrected chi connectivity index (χ2v) is 14.2. The standard InChI is InChI=1S/C39H36N2O10/c1-20(2)36(46)48-18-38-15-13-26(50-38)28-30(38)34(44)40(32(28)42)24-9-5-22(6-10-24)17-23-7-11-25(12-8-23)41-33(43)29-27-14-16-39(51-27,31(29)35(41)45)19-49-37(47)21(3)4/h5-16,26-32,42H,1,3,17-19H2,2,4H3. The molecule has 0 radical (unpaired) electrons. The Hall–Kier alpha value is -5.17. The van der Waals surface area contributed by atoms with Gasteiger partial charge in [-0.3, -0.25) is 19.3 Å². The summed E-state index contributed by atoms with van der Waals surface area (Å²) >= 11 is 0. The number of hydrogen-bond acceptors (Lipinski definition) is 10. The van der Waals surface area contributed by atoms with Gasteiger partial charge in [0.05, 0.1) is 35.6 Å². The smallest absolute Gasteiger partial charge is 0.333 e. The number of aliphatic hydroxyl groups is 1. The number of carbonyl (C=O) groups excluding carboxylic acids is 5. The van der Waals surface area contributed by atoms with Gasteiger partial charge in [-0.05, 0) is 61.7 Å². The van der Waals surface area contributed by atoms with Gasteiger partial charge in [0.1, 0.15) is 30.6 Å². The maximum atomic E-state index is 13.7. The Balaban J connectivity index is 0.934. The lowest BCUT2D eigenvalue weighted by atomic mass is 9.77. The maximum absolute atomic E-state index is 13.7. The molecule has 51 heavy (non-hydrogen) atoms. The summed E-state index contributed by atoms with van der Waals surface area (Å²) in [4.78, 5) is 67.7. The first-order valence-corrected chi connectivity index (χ1v) is 16.8. The van der Waals surface area contributed by atoms with Crippen LogP contribution in [-0.4, -0.2) is 77.6 Å². The lowest BCUT2D eigenvalue weighted by Gasteiger charge is -2.29. The number of hydrogen-bond donors (Lipinski definition) is 1. The van der Waals surface area contributed by atoms with Crippen LogP contribution in [0.15, 0.2) is 97.1 Å². The molecule has 4 bridgehead atoms. The molecule has 0 aromatic heterocycles. The van der Waals surface area contributed by atoms with E-state index in [1.165, 1.54) is 16.7 Å². The Kier molecular flexibility index (Phi) is 7.56. The van der Waals surface area contributed by atoms with Crippen molar-refractivity contribution < 1.29 is 48.0 Å². The number of fused-ring (bicyclic) bond motifs is 10. The summed E-state index contributed by atoms with van der Waals surface area (Å²) in [5.41, 5.74) is 0.963. The Morgan fingerprint density at radius 3 is 1.82 bits per heavy atom. The third kappa shape index (κ3) is 4.95. The minimum absolute atomic E-state index is 0.155.